The van der Waals surface area contributed by atoms with Gasteiger partial charge in [0.2, 0.25) is 10.0 Å². The number of sulfonamides is 1. The van der Waals surface area contributed by atoms with E-state index in [4.69, 9.17) is 5.11 Å². The normalized spacial score (nSPS) is 13.4. The Kier molecular flexibility index (Phi) is 5.83. The van der Waals surface area contributed by atoms with Crippen molar-refractivity contribution in [2.45, 2.75) is 18.7 Å². The summed E-state index contributed by atoms with van der Waals surface area (Å²) in [5.74, 6) is -4.27. The molecule has 0 heterocycles. The largest absolute Gasteiger partial charge is 0.481 e. The van der Waals surface area contributed by atoms with E-state index in [9.17, 15) is 22.0 Å². The van der Waals surface area contributed by atoms with Gasteiger partial charge in [-0.2, -0.15) is 4.31 Å². The van der Waals surface area contributed by atoms with Gasteiger partial charge in [-0.05, 0) is 22.0 Å². The Morgan fingerprint density at radius 1 is 1.43 bits per heavy atom. The Balaban J connectivity index is 3.29. The first-order chi connectivity index (χ1) is 9.61. The molecule has 1 aromatic carbocycles. The van der Waals surface area contributed by atoms with Gasteiger partial charge in [0.15, 0.2) is 0 Å². The Morgan fingerprint density at radius 3 is 2.43 bits per heavy atom. The number of aliphatic carboxylic acids is 1. The Bertz CT molecular complexity index is 628. The fourth-order valence-corrected chi connectivity index (χ4v) is 4.34. The lowest BCUT2D eigenvalue weighted by molar-refractivity contribution is -0.141. The smallest absolute Gasteiger partial charge is 0.307 e. The standard InChI is InChI=1S/C12H14BrF2NO4S/c1-3-16(6-7(2)12(17)18)21(19,20)11-9(13)4-8(14)5-10(11)15/h4-5,7H,3,6H2,1-2H3,(H,17,18). The number of carboxylic acid groups (broad SMARTS) is 1. The summed E-state index contributed by atoms with van der Waals surface area (Å²) in [4.78, 5) is 10.1. The zero-order chi connectivity index (χ0) is 16.4. The zero-order valence-corrected chi connectivity index (χ0v) is 13.7. The summed E-state index contributed by atoms with van der Waals surface area (Å²) in [6, 6.07) is 1.30. The first-order valence-corrected chi connectivity index (χ1v) is 8.22. The minimum Gasteiger partial charge on any atom is -0.481 e. The number of carboxylic acids is 1. The summed E-state index contributed by atoms with van der Waals surface area (Å²) in [6.07, 6.45) is 0. The average Bonchev–Trinajstić information content (AvgIpc) is 2.33. The van der Waals surface area contributed by atoms with Crippen LogP contribution in [0.25, 0.3) is 0 Å². The van der Waals surface area contributed by atoms with Crippen molar-refractivity contribution in [1.82, 2.24) is 4.31 Å². The number of carbonyl (C=O) groups is 1. The van der Waals surface area contributed by atoms with Crippen molar-refractivity contribution < 1.29 is 27.1 Å². The molecule has 0 amide bonds. The molecule has 0 aromatic heterocycles. The van der Waals surface area contributed by atoms with E-state index in [0.29, 0.717) is 6.07 Å². The fourth-order valence-electron chi connectivity index (χ4n) is 1.69. The van der Waals surface area contributed by atoms with E-state index in [-0.39, 0.29) is 17.6 Å². The van der Waals surface area contributed by atoms with Crippen LogP contribution in [0.2, 0.25) is 0 Å². The first kappa shape index (κ1) is 18.0. The van der Waals surface area contributed by atoms with Gasteiger partial charge >= 0.3 is 5.97 Å². The van der Waals surface area contributed by atoms with Crippen molar-refractivity contribution in [2.24, 2.45) is 5.92 Å². The second-order valence-corrected chi connectivity index (χ2v) is 7.12. The lowest BCUT2D eigenvalue weighted by Gasteiger charge is -2.23. The Hall–Kier alpha value is -1.06. The minimum atomic E-state index is -4.28. The predicted octanol–water partition coefficient (Wildman–Crippen LogP) is 2.46. The Labute approximate surface area is 129 Å². The van der Waals surface area contributed by atoms with Gasteiger partial charge in [0, 0.05) is 23.6 Å². The third-order valence-corrected chi connectivity index (χ3v) is 5.72. The summed E-state index contributed by atoms with van der Waals surface area (Å²) in [5.41, 5.74) is 0. The molecule has 0 bridgehead atoms. The Morgan fingerprint density at radius 2 is 2.00 bits per heavy atom. The van der Waals surface area contributed by atoms with Gasteiger partial charge in [0.25, 0.3) is 0 Å². The minimum absolute atomic E-state index is 0.0385. The fraction of sp³-hybridized carbons (Fsp3) is 0.417. The molecule has 0 fully saturated rings. The van der Waals surface area contributed by atoms with E-state index in [0.717, 1.165) is 10.4 Å². The van der Waals surface area contributed by atoms with Crippen LogP contribution in [0.1, 0.15) is 13.8 Å². The van der Waals surface area contributed by atoms with Crippen LogP contribution in [0.15, 0.2) is 21.5 Å². The molecule has 118 valence electrons. The molecule has 0 saturated carbocycles. The van der Waals surface area contributed by atoms with E-state index >= 15 is 0 Å². The van der Waals surface area contributed by atoms with Gasteiger partial charge in [-0.15, -0.1) is 0 Å². The lowest BCUT2D eigenvalue weighted by atomic mass is 10.2. The highest BCUT2D eigenvalue weighted by molar-refractivity contribution is 9.10. The van der Waals surface area contributed by atoms with Gasteiger partial charge in [-0.3, -0.25) is 4.79 Å². The number of halogens is 3. The average molecular weight is 386 g/mol. The van der Waals surface area contributed by atoms with E-state index in [1.165, 1.54) is 13.8 Å². The third-order valence-electron chi connectivity index (χ3n) is 2.81. The quantitative estimate of drug-likeness (QED) is 0.815. The molecule has 0 aliphatic carbocycles. The summed E-state index contributed by atoms with van der Waals surface area (Å²) < 4.78 is 52.3. The van der Waals surface area contributed by atoms with Gasteiger partial charge in [0.05, 0.1) is 5.92 Å². The molecule has 0 radical (unpaired) electrons. The van der Waals surface area contributed by atoms with E-state index in [1.54, 1.807) is 0 Å². The van der Waals surface area contributed by atoms with Crippen molar-refractivity contribution in [3.63, 3.8) is 0 Å². The lowest BCUT2D eigenvalue weighted by Crippen LogP contribution is -2.37. The van der Waals surface area contributed by atoms with Crippen LogP contribution >= 0.6 is 15.9 Å². The monoisotopic (exact) mass is 385 g/mol. The number of hydrogen-bond donors (Lipinski definition) is 1. The topological polar surface area (TPSA) is 74.7 Å². The molecule has 0 saturated heterocycles. The maximum atomic E-state index is 13.8. The summed E-state index contributed by atoms with van der Waals surface area (Å²) in [7, 11) is -4.28. The van der Waals surface area contributed by atoms with Crippen LogP contribution in [-0.4, -0.2) is 36.9 Å². The van der Waals surface area contributed by atoms with Crippen molar-refractivity contribution in [1.29, 1.82) is 0 Å². The van der Waals surface area contributed by atoms with Gasteiger partial charge < -0.3 is 5.11 Å². The van der Waals surface area contributed by atoms with Gasteiger partial charge in [-0.25, -0.2) is 17.2 Å². The highest BCUT2D eigenvalue weighted by Crippen LogP contribution is 2.29. The molecule has 0 spiro atoms. The molecule has 9 heteroatoms. The van der Waals surface area contributed by atoms with Crippen LogP contribution in [-0.2, 0) is 14.8 Å². The predicted molar refractivity (Wildman–Crippen MR) is 75.3 cm³/mol. The van der Waals surface area contributed by atoms with Crippen molar-refractivity contribution in [2.75, 3.05) is 13.1 Å². The molecule has 5 nitrogen and oxygen atoms in total. The van der Waals surface area contributed by atoms with Crippen molar-refractivity contribution in [3.05, 3.63) is 28.2 Å². The van der Waals surface area contributed by atoms with E-state index < -0.39 is 38.4 Å². The molecule has 0 aliphatic rings. The summed E-state index contributed by atoms with van der Waals surface area (Å²) in [6.45, 7) is 2.50. The first-order valence-electron chi connectivity index (χ1n) is 5.98. The third kappa shape index (κ3) is 3.98. The highest BCUT2D eigenvalue weighted by Gasteiger charge is 2.31. The van der Waals surface area contributed by atoms with Crippen molar-refractivity contribution in [3.8, 4) is 0 Å². The molecule has 1 rings (SSSR count). The second kappa shape index (κ2) is 6.80. The van der Waals surface area contributed by atoms with Crippen LogP contribution in [0.3, 0.4) is 0 Å². The maximum absolute atomic E-state index is 13.8. The number of hydrogen-bond acceptors (Lipinski definition) is 3. The van der Waals surface area contributed by atoms with Crippen LogP contribution in [0, 0.1) is 17.6 Å². The SMILES string of the molecule is CCN(CC(C)C(=O)O)S(=O)(=O)c1c(F)cc(F)cc1Br. The zero-order valence-electron chi connectivity index (χ0n) is 11.3. The van der Waals surface area contributed by atoms with E-state index in [1.807, 2.05) is 0 Å². The molecule has 1 unspecified atom stereocenters. The van der Waals surface area contributed by atoms with Crippen LogP contribution in [0.5, 0.6) is 0 Å². The highest BCUT2D eigenvalue weighted by atomic mass is 79.9. The maximum Gasteiger partial charge on any atom is 0.307 e. The molecule has 0 aliphatic heterocycles. The van der Waals surface area contributed by atoms with Crippen molar-refractivity contribution >= 4 is 31.9 Å². The van der Waals surface area contributed by atoms with Crippen LogP contribution in [0.4, 0.5) is 8.78 Å². The molecule has 21 heavy (non-hydrogen) atoms. The second-order valence-electron chi connectivity index (χ2n) is 4.39. The van der Waals surface area contributed by atoms with E-state index in [2.05, 4.69) is 15.9 Å². The molecular weight excluding hydrogens is 372 g/mol. The number of nitrogens with zero attached hydrogens (tertiary/aromatic N) is 1. The summed E-state index contributed by atoms with van der Waals surface area (Å²) in [5, 5.41) is 8.85. The molecule has 1 atom stereocenters. The number of benzene rings is 1. The van der Waals surface area contributed by atoms with Crippen LogP contribution < -0.4 is 0 Å². The van der Waals surface area contributed by atoms with Gasteiger partial charge in [0.1, 0.15) is 16.5 Å². The van der Waals surface area contributed by atoms with Gasteiger partial charge in [-0.1, -0.05) is 13.8 Å². The molecule has 1 N–H and O–H groups in total. The molecular formula is C12H14BrF2NO4S. The number of rotatable bonds is 6. The molecule has 1 aromatic rings. The summed E-state index contributed by atoms with van der Waals surface area (Å²) >= 11 is 2.82.